The van der Waals surface area contributed by atoms with Gasteiger partial charge in [-0.15, -0.1) is 0 Å². The summed E-state index contributed by atoms with van der Waals surface area (Å²) in [5.74, 6) is 1.05. The standard InChI is InChI=1S/C12H18ClN/c1-8(2)9(3)12(14)10-5-4-6-11(13)7-10/h4-9,12H,14H2,1-3H3. The molecule has 0 radical (unpaired) electrons. The van der Waals surface area contributed by atoms with E-state index in [1.165, 1.54) is 0 Å². The minimum absolute atomic E-state index is 0.0775. The fraction of sp³-hybridized carbons (Fsp3) is 0.500. The zero-order valence-corrected chi connectivity index (χ0v) is 9.75. The Labute approximate surface area is 91.3 Å². The first kappa shape index (κ1) is 11.5. The van der Waals surface area contributed by atoms with Gasteiger partial charge in [-0.05, 0) is 29.5 Å². The summed E-state index contributed by atoms with van der Waals surface area (Å²) in [4.78, 5) is 0. The molecule has 1 nitrogen and oxygen atoms in total. The average Bonchev–Trinajstić information content (AvgIpc) is 2.15. The van der Waals surface area contributed by atoms with E-state index in [9.17, 15) is 0 Å². The van der Waals surface area contributed by atoms with Gasteiger partial charge in [0.15, 0.2) is 0 Å². The molecule has 0 amide bonds. The smallest absolute Gasteiger partial charge is 0.0409 e. The Kier molecular flexibility index (Phi) is 3.97. The predicted octanol–water partition coefficient (Wildman–Crippen LogP) is 3.63. The Morgan fingerprint density at radius 2 is 1.86 bits per heavy atom. The highest BCUT2D eigenvalue weighted by Crippen LogP contribution is 2.26. The maximum absolute atomic E-state index is 6.15. The molecule has 0 aromatic heterocycles. The van der Waals surface area contributed by atoms with Crippen LogP contribution in [0.1, 0.15) is 32.4 Å². The molecule has 1 aromatic carbocycles. The maximum atomic E-state index is 6.15. The van der Waals surface area contributed by atoms with E-state index in [1.807, 2.05) is 24.3 Å². The average molecular weight is 212 g/mol. The summed E-state index contributed by atoms with van der Waals surface area (Å²) in [6.45, 7) is 6.56. The molecule has 0 bridgehead atoms. The fourth-order valence-electron chi connectivity index (χ4n) is 1.43. The van der Waals surface area contributed by atoms with Crippen LogP contribution in [-0.4, -0.2) is 0 Å². The molecule has 2 atom stereocenters. The third-order valence-electron chi connectivity index (χ3n) is 2.85. The second kappa shape index (κ2) is 4.81. The van der Waals surface area contributed by atoms with E-state index in [0.717, 1.165) is 10.6 Å². The van der Waals surface area contributed by atoms with Gasteiger partial charge < -0.3 is 5.73 Å². The topological polar surface area (TPSA) is 26.0 Å². The molecular formula is C12H18ClN. The molecule has 0 fully saturated rings. The molecule has 0 aliphatic heterocycles. The number of hydrogen-bond donors (Lipinski definition) is 1. The number of nitrogens with two attached hydrogens (primary N) is 1. The highest BCUT2D eigenvalue weighted by molar-refractivity contribution is 6.30. The minimum Gasteiger partial charge on any atom is -0.324 e. The van der Waals surface area contributed by atoms with Crippen LogP contribution in [0, 0.1) is 11.8 Å². The molecule has 78 valence electrons. The van der Waals surface area contributed by atoms with Gasteiger partial charge in [0.2, 0.25) is 0 Å². The first-order valence-electron chi connectivity index (χ1n) is 5.03. The second-order valence-corrected chi connectivity index (χ2v) is 4.62. The second-order valence-electron chi connectivity index (χ2n) is 4.18. The van der Waals surface area contributed by atoms with Crippen LogP contribution in [0.25, 0.3) is 0 Å². The summed E-state index contributed by atoms with van der Waals surface area (Å²) in [6, 6.07) is 7.89. The molecule has 1 aromatic rings. The van der Waals surface area contributed by atoms with E-state index in [-0.39, 0.29) is 6.04 Å². The first-order valence-corrected chi connectivity index (χ1v) is 5.41. The van der Waals surface area contributed by atoms with Crippen LogP contribution in [0.2, 0.25) is 5.02 Å². The van der Waals surface area contributed by atoms with Gasteiger partial charge in [-0.2, -0.15) is 0 Å². The van der Waals surface area contributed by atoms with Crippen molar-refractivity contribution in [2.24, 2.45) is 17.6 Å². The lowest BCUT2D eigenvalue weighted by Gasteiger charge is -2.23. The van der Waals surface area contributed by atoms with Crippen molar-refractivity contribution in [2.75, 3.05) is 0 Å². The van der Waals surface area contributed by atoms with E-state index >= 15 is 0 Å². The van der Waals surface area contributed by atoms with Crippen molar-refractivity contribution >= 4 is 11.6 Å². The molecule has 14 heavy (non-hydrogen) atoms. The normalized spacial score (nSPS) is 15.6. The molecule has 2 unspecified atom stereocenters. The van der Waals surface area contributed by atoms with Gasteiger partial charge in [0.25, 0.3) is 0 Å². The highest BCUT2D eigenvalue weighted by atomic mass is 35.5. The third-order valence-corrected chi connectivity index (χ3v) is 3.09. The van der Waals surface area contributed by atoms with Crippen molar-refractivity contribution in [1.29, 1.82) is 0 Å². The first-order chi connectivity index (χ1) is 6.52. The quantitative estimate of drug-likeness (QED) is 0.812. The maximum Gasteiger partial charge on any atom is 0.0409 e. The van der Waals surface area contributed by atoms with Crippen molar-refractivity contribution in [3.63, 3.8) is 0 Å². The Bertz CT molecular complexity index is 296. The molecule has 2 heteroatoms. The molecule has 1 rings (SSSR count). The SMILES string of the molecule is CC(C)C(C)C(N)c1cccc(Cl)c1. The number of benzene rings is 1. The zero-order chi connectivity index (χ0) is 10.7. The lowest BCUT2D eigenvalue weighted by molar-refractivity contribution is 0.352. The Morgan fingerprint density at radius 3 is 2.36 bits per heavy atom. The van der Waals surface area contributed by atoms with Crippen molar-refractivity contribution < 1.29 is 0 Å². The lowest BCUT2D eigenvalue weighted by Crippen LogP contribution is -2.22. The van der Waals surface area contributed by atoms with Crippen LogP contribution >= 0.6 is 11.6 Å². The van der Waals surface area contributed by atoms with Gasteiger partial charge in [-0.1, -0.05) is 44.5 Å². The minimum atomic E-state index is 0.0775. The molecule has 2 N–H and O–H groups in total. The summed E-state index contributed by atoms with van der Waals surface area (Å²) in [6.07, 6.45) is 0. The van der Waals surface area contributed by atoms with Crippen molar-refractivity contribution in [3.05, 3.63) is 34.9 Å². The van der Waals surface area contributed by atoms with Crippen molar-refractivity contribution in [1.82, 2.24) is 0 Å². The zero-order valence-electron chi connectivity index (χ0n) is 9.00. The van der Waals surface area contributed by atoms with Crippen molar-refractivity contribution in [3.8, 4) is 0 Å². The molecule has 0 aliphatic rings. The highest BCUT2D eigenvalue weighted by Gasteiger charge is 2.17. The van der Waals surface area contributed by atoms with Crippen LogP contribution in [0.15, 0.2) is 24.3 Å². The third kappa shape index (κ3) is 2.73. The molecule has 0 saturated carbocycles. The number of hydrogen-bond acceptors (Lipinski definition) is 1. The molecule has 0 aliphatic carbocycles. The lowest BCUT2D eigenvalue weighted by atomic mass is 9.87. The summed E-state index contributed by atoms with van der Waals surface area (Å²) < 4.78 is 0. The van der Waals surface area contributed by atoms with Crippen molar-refractivity contribution in [2.45, 2.75) is 26.8 Å². The van der Waals surface area contributed by atoms with Gasteiger partial charge in [0.05, 0.1) is 0 Å². The predicted molar refractivity (Wildman–Crippen MR) is 62.4 cm³/mol. The van der Waals surface area contributed by atoms with Crippen LogP contribution < -0.4 is 5.73 Å². The van der Waals surface area contributed by atoms with Crippen LogP contribution in [0.3, 0.4) is 0 Å². The summed E-state index contributed by atoms with van der Waals surface area (Å²) in [7, 11) is 0. The van der Waals surface area contributed by atoms with Gasteiger partial charge in [-0.3, -0.25) is 0 Å². The van der Waals surface area contributed by atoms with E-state index in [2.05, 4.69) is 20.8 Å². The van der Waals surface area contributed by atoms with Crippen LogP contribution in [-0.2, 0) is 0 Å². The Balaban J connectivity index is 2.83. The summed E-state index contributed by atoms with van der Waals surface area (Å²) in [5.41, 5.74) is 7.27. The molecule has 0 spiro atoms. The molecular weight excluding hydrogens is 194 g/mol. The number of halogens is 1. The number of rotatable bonds is 3. The monoisotopic (exact) mass is 211 g/mol. The summed E-state index contributed by atoms with van der Waals surface area (Å²) >= 11 is 5.92. The van der Waals surface area contributed by atoms with Crippen LogP contribution in [0.4, 0.5) is 0 Å². The van der Waals surface area contributed by atoms with Gasteiger partial charge in [-0.25, -0.2) is 0 Å². The van der Waals surface area contributed by atoms with E-state index in [4.69, 9.17) is 17.3 Å². The van der Waals surface area contributed by atoms with Gasteiger partial charge in [0, 0.05) is 11.1 Å². The summed E-state index contributed by atoms with van der Waals surface area (Å²) in [5, 5.41) is 0.758. The molecule has 0 heterocycles. The van der Waals surface area contributed by atoms with Gasteiger partial charge >= 0.3 is 0 Å². The fourth-order valence-corrected chi connectivity index (χ4v) is 1.63. The Hall–Kier alpha value is -0.530. The Morgan fingerprint density at radius 1 is 1.21 bits per heavy atom. The molecule has 0 saturated heterocycles. The largest absolute Gasteiger partial charge is 0.324 e. The van der Waals surface area contributed by atoms with E-state index in [0.29, 0.717) is 11.8 Å². The van der Waals surface area contributed by atoms with Gasteiger partial charge in [0.1, 0.15) is 0 Å². The van der Waals surface area contributed by atoms with E-state index in [1.54, 1.807) is 0 Å². The van der Waals surface area contributed by atoms with Crippen LogP contribution in [0.5, 0.6) is 0 Å². The van der Waals surface area contributed by atoms with E-state index < -0.39 is 0 Å².